The standard InChI is InChI=1S/C4H10NO2/c5-4(3-7)1-2-6/h1,4,6-7H,2-3,5H2. The Morgan fingerprint density at radius 1 is 1.57 bits per heavy atom. The molecule has 3 nitrogen and oxygen atoms in total. The number of hydrogen-bond donors (Lipinski definition) is 3. The number of hydrogen-bond acceptors (Lipinski definition) is 3. The summed E-state index contributed by atoms with van der Waals surface area (Å²) < 4.78 is 0. The van der Waals surface area contributed by atoms with Gasteiger partial charge < -0.3 is 15.9 Å². The fourth-order valence-corrected chi connectivity index (χ4v) is 0.210. The zero-order valence-electron chi connectivity index (χ0n) is 4.04. The maximum atomic E-state index is 8.20. The van der Waals surface area contributed by atoms with Gasteiger partial charge in [0.05, 0.1) is 6.61 Å². The molecule has 0 heterocycles. The topological polar surface area (TPSA) is 66.5 Å². The first-order chi connectivity index (χ1) is 3.31. The van der Waals surface area contributed by atoms with Crippen LogP contribution in [0.2, 0.25) is 0 Å². The van der Waals surface area contributed by atoms with Gasteiger partial charge in [-0.25, -0.2) is 0 Å². The first-order valence-corrected chi connectivity index (χ1v) is 2.12. The van der Waals surface area contributed by atoms with E-state index in [1.807, 2.05) is 0 Å². The van der Waals surface area contributed by atoms with Gasteiger partial charge >= 0.3 is 0 Å². The van der Waals surface area contributed by atoms with Crippen molar-refractivity contribution in [1.29, 1.82) is 0 Å². The third-order valence-corrected chi connectivity index (χ3v) is 0.619. The van der Waals surface area contributed by atoms with Gasteiger partial charge in [0.2, 0.25) is 0 Å². The van der Waals surface area contributed by atoms with E-state index >= 15 is 0 Å². The Bertz CT molecular complexity index is 40.7. The minimum absolute atomic E-state index is 0.0677. The van der Waals surface area contributed by atoms with E-state index in [1.54, 1.807) is 0 Å². The van der Waals surface area contributed by atoms with Gasteiger partial charge in [0.1, 0.15) is 0 Å². The molecule has 0 fully saturated rings. The molecule has 1 atom stereocenters. The fraction of sp³-hybridized carbons (Fsp3) is 0.750. The minimum atomic E-state index is -0.370. The second-order valence-corrected chi connectivity index (χ2v) is 1.26. The Morgan fingerprint density at radius 2 is 2.14 bits per heavy atom. The lowest BCUT2D eigenvalue weighted by Gasteiger charge is -2.01. The smallest absolute Gasteiger partial charge is 0.0586 e. The zero-order valence-corrected chi connectivity index (χ0v) is 4.04. The quantitative estimate of drug-likeness (QED) is 0.408. The molecule has 0 amide bonds. The van der Waals surface area contributed by atoms with E-state index < -0.39 is 0 Å². The van der Waals surface area contributed by atoms with Crippen LogP contribution >= 0.6 is 0 Å². The first-order valence-electron chi connectivity index (χ1n) is 2.12. The lowest BCUT2D eigenvalue weighted by atomic mass is 10.2. The molecule has 0 aromatic rings. The molecule has 7 heavy (non-hydrogen) atoms. The van der Waals surface area contributed by atoms with Crippen molar-refractivity contribution in [3.05, 3.63) is 6.42 Å². The summed E-state index contributed by atoms with van der Waals surface area (Å²) in [6.45, 7) is -0.164. The number of nitrogens with two attached hydrogens (primary N) is 1. The highest BCUT2D eigenvalue weighted by Gasteiger charge is 1.95. The predicted molar refractivity (Wildman–Crippen MR) is 26.4 cm³/mol. The van der Waals surface area contributed by atoms with Gasteiger partial charge in [-0.2, -0.15) is 0 Å². The molecule has 43 valence electrons. The summed E-state index contributed by atoms with van der Waals surface area (Å²) in [5.41, 5.74) is 5.12. The van der Waals surface area contributed by atoms with Crippen LogP contribution in [0, 0.1) is 6.42 Å². The van der Waals surface area contributed by atoms with Crippen LogP contribution in [0.3, 0.4) is 0 Å². The third kappa shape index (κ3) is 3.72. The van der Waals surface area contributed by atoms with Gasteiger partial charge in [-0.1, -0.05) is 0 Å². The van der Waals surface area contributed by atoms with Crippen molar-refractivity contribution in [3.63, 3.8) is 0 Å². The van der Waals surface area contributed by atoms with E-state index in [2.05, 4.69) is 0 Å². The highest BCUT2D eigenvalue weighted by molar-refractivity contribution is 4.76. The molecular weight excluding hydrogens is 94.0 g/mol. The summed E-state index contributed by atoms with van der Waals surface area (Å²) in [7, 11) is 0. The largest absolute Gasteiger partial charge is 0.396 e. The predicted octanol–water partition coefficient (Wildman–Crippen LogP) is -1.50. The molecule has 0 aliphatic heterocycles. The lowest BCUT2D eigenvalue weighted by Crippen LogP contribution is -2.25. The summed E-state index contributed by atoms with van der Waals surface area (Å²) >= 11 is 0. The molecular formula is C4H10NO2. The van der Waals surface area contributed by atoms with Crippen molar-refractivity contribution in [2.45, 2.75) is 6.04 Å². The fourth-order valence-electron chi connectivity index (χ4n) is 0.210. The van der Waals surface area contributed by atoms with Gasteiger partial charge in [0.15, 0.2) is 0 Å². The van der Waals surface area contributed by atoms with Crippen LogP contribution in [-0.4, -0.2) is 29.5 Å². The Labute approximate surface area is 42.8 Å². The van der Waals surface area contributed by atoms with Gasteiger partial charge in [-0.3, -0.25) is 0 Å². The molecule has 0 aromatic heterocycles. The molecule has 1 unspecified atom stereocenters. The Hall–Kier alpha value is -0.120. The van der Waals surface area contributed by atoms with Gasteiger partial charge in [-0.15, -0.1) is 0 Å². The lowest BCUT2D eigenvalue weighted by molar-refractivity contribution is 0.257. The summed E-state index contributed by atoms with van der Waals surface area (Å²) in [6, 6.07) is -0.370. The second-order valence-electron chi connectivity index (χ2n) is 1.26. The van der Waals surface area contributed by atoms with Crippen molar-refractivity contribution in [1.82, 2.24) is 0 Å². The minimum Gasteiger partial charge on any atom is -0.396 e. The van der Waals surface area contributed by atoms with Crippen LogP contribution in [0.1, 0.15) is 0 Å². The SMILES string of the molecule is NC([CH]CO)CO. The molecule has 0 aromatic carbocycles. The maximum Gasteiger partial charge on any atom is 0.0586 e. The van der Waals surface area contributed by atoms with Crippen LogP contribution in [0.5, 0.6) is 0 Å². The zero-order chi connectivity index (χ0) is 5.70. The van der Waals surface area contributed by atoms with Crippen molar-refractivity contribution in [2.75, 3.05) is 13.2 Å². The van der Waals surface area contributed by atoms with Crippen LogP contribution in [0.25, 0.3) is 0 Å². The summed E-state index contributed by atoms with van der Waals surface area (Å²) in [4.78, 5) is 0. The molecule has 0 spiro atoms. The molecule has 0 aliphatic rings. The van der Waals surface area contributed by atoms with Crippen LogP contribution in [0.4, 0.5) is 0 Å². The van der Waals surface area contributed by atoms with Crippen molar-refractivity contribution < 1.29 is 10.2 Å². The van der Waals surface area contributed by atoms with E-state index in [0.29, 0.717) is 0 Å². The Morgan fingerprint density at radius 3 is 2.29 bits per heavy atom. The van der Waals surface area contributed by atoms with Crippen LogP contribution in [0.15, 0.2) is 0 Å². The third-order valence-electron chi connectivity index (χ3n) is 0.619. The monoisotopic (exact) mass is 104 g/mol. The molecule has 3 heteroatoms. The Balaban J connectivity index is 2.83. The van der Waals surface area contributed by atoms with E-state index in [0.717, 1.165) is 0 Å². The molecule has 0 saturated carbocycles. The molecule has 0 rings (SSSR count). The van der Waals surface area contributed by atoms with Gasteiger partial charge in [0, 0.05) is 19.1 Å². The molecule has 1 radical (unpaired) electrons. The molecule has 0 aliphatic carbocycles. The van der Waals surface area contributed by atoms with E-state index in [1.165, 1.54) is 6.42 Å². The van der Waals surface area contributed by atoms with Crippen LogP contribution in [-0.2, 0) is 0 Å². The molecule has 4 N–H and O–H groups in total. The van der Waals surface area contributed by atoms with Gasteiger partial charge in [0.25, 0.3) is 0 Å². The van der Waals surface area contributed by atoms with Crippen molar-refractivity contribution in [2.24, 2.45) is 5.73 Å². The van der Waals surface area contributed by atoms with Crippen LogP contribution < -0.4 is 5.73 Å². The second kappa shape index (κ2) is 4.05. The number of rotatable bonds is 3. The summed E-state index contributed by atoms with van der Waals surface area (Å²) in [5.74, 6) is 0. The van der Waals surface area contributed by atoms with E-state index in [-0.39, 0.29) is 19.3 Å². The van der Waals surface area contributed by atoms with E-state index in [9.17, 15) is 0 Å². The van der Waals surface area contributed by atoms with E-state index in [4.69, 9.17) is 15.9 Å². The normalized spacial score (nSPS) is 14.1. The first kappa shape index (κ1) is 6.88. The number of aliphatic hydroxyl groups is 2. The average Bonchev–Trinajstić information content (AvgIpc) is 1.68. The summed E-state index contributed by atoms with van der Waals surface area (Å²) in [5, 5.41) is 16.3. The maximum absolute atomic E-state index is 8.20. The molecule has 0 saturated heterocycles. The number of aliphatic hydroxyl groups excluding tert-OH is 2. The summed E-state index contributed by atoms with van der Waals surface area (Å²) in [6.07, 6.45) is 1.43. The molecule has 0 bridgehead atoms. The average molecular weight is 104 g/mol. The Kier molecular flexibility index (Phi) is 3.98. The van der Waals surface area contributed by atoms with Crippen molar-refractivity contribution in [3.8, 4) is 0 Å². The van der Waals surface area contributed by atoms with Gasteiger partial charge in [-0.05, 0) is 0 Å². The highest BCUT2D eigenvalue weighted by atomic mass is 16.3. The highest BCUT2D eigenvalue weighted by Crippen LogP contribution is 1.79. The van der Waals surface area contributed by atoms with Crippen molar-refractivity contribution >= 4 is 0 Å².